The van der Waals surface area contributed by atoms with E-state index in [4.69, 9.17) is 11.5 Å². The van der Waals surface area contributed by atoms with Crippen LogP contribution in [-0.4, -0.2) is 10.5 Å². The molecular formula is C9H12BrN3O2. The first kappa shape index (κ1) is 11.8. The Morgan fingerprint density at radius 2 is 2.20 bits per heavy atom. The summed E-state index contributed by atoms with van der Waals surface area (Å²) in [5.41, 5.74) is 10.5. The Balaban J connectivity index is 2.98. The van der Waals surface area contributed by atoms with Crippen molar-refractivity contribution in [3.63, 3.8) is 0 Å². The topological polar surface area (TPSA) is 91.1 Å². The van der Waals surface area contributed by atoms with Crippen LogP contribution in [0.1, 0.15) is 6.92 Å². The number of nitrogens with two attached hydrogens (primary N) is 2. The Morgan fingerprint density at radius 3 is 2.67 bits per heavy atom. The van der Waals surface area contributed by atoms with Crippen molar-refractivity contribution in [3.05, 3.63) is 27.1 Å². The fraction of sp³-hybridized carbons (Fsp3) is 0.333. The van der Waals surface area contributed by atoms with E-state index < -0.39 is 0 Å². The van der Waals surface area contributed by atoms with Gasteiger partial charge in [0.1, 0.15) is 0 Å². The summed E-state index contributed by atoms with van der Waals surface area (Å²) in [7, 11) is 0. The van der Waals surface area contributed by atoms with Crippen molar-refractivity contribution in [1.82, 2.24) is 4.57 Å². The highest BCUT2D eigenvalue weighted by atomic mass is 79.9. The monoisotopic (exact) mass is 273 g/mol. The average Bonchev–Trinajstić information content (AvgIpc) is 2.13. The van der Waals surface area contributed by atoms with Gasteiger partial charge in [0.15, 0.2) is 0 Å². The van der Waals surface area contributed by atoms with Gasteiger partial charge in [-0.2, -0.15) is 0 Å². The van der Waals surface area contributed by atoms with Gasteiger partial charge in [0.05, 0.1) is 16.1 Å². The lowest BCUT2D eigenvalue weighted by Gasteiger charge is -2.11. The Labute approximate surface area is 95.2 Å². The molecule has 1 heterocycles. The number of aromatic nitrogens is 1. The molecule has 0 saturated heterocycles. The molecule has 1 amide bonds. The SMILES string of the molecule is CC(Cn1cc(N)c(=O)c(Br)c1)C(N)=O. The molecule has 1 rings (SSSR count). The van der Waals surface area contributed by atoms with Crippen molar-refractivity contribution in [1.29, 1.82) is 0 Å². The molecule has 0 aliphatic heterocycles. The van der Waals surface area contributed by atoms with Gasteiger partial charge in [-0.1, -0.05) is 6.92 Å². The minimum atomic E-state index is -0.386. The zero-order chi connectivity index (χ0) is 11.6. The van der Waals surface area contributed by atoms with Crippen LogP contribution >= 0.6 is 15.9 Å². The molecule has 0 fully saturated rings. The number of anilines is 1. The molecule has 0 bridgehead atoms. The molecule has 1 aromatic rings. The molecule has 0 saturated carbocycles. The number of halogens is 1. The van der Waals surface area contributed by atoms with Crippen molar-refractivity contribution in [3.8, 4) is 0 Å². The number of hydrogen-bond acceptors (Lipinski definition) is 3. The van der Waals surface area contributed by atoms with Gasteiger partial charge in [0, 0.05) is 18.9 Å². The summed E-state index contributed by atoms with van der Waals surface area (Å²) < 4.78 is 2.04. The highest BCUT2D eigenvalue weighted by Crippen LogP contribution is 2.08. The van der Waals surface area contributed by atoms with E-state index >= 15 is 0 Å². The van der Waals surface area contributed by atoms with Crippen LogP contribution in [0.2, 0.25) is 0 Å². The van der Waals surface area contributed by atoms with Gasteiger partial charge < -0.3 is 16.0 Å². The number of carbonyl (C=O) groups excluding carboxylic acids is 1. The molecule has 82 valence electrons. The van der Waals surface area contributed by atoms with Gasteiger partial charge in [0.2, 0.25) is 11.3 Å². The van der Waals surface area contributed by atoms with Gasteiger partial charge in [-0.15, -0.1) is 0 Å². The minimum Gasteiger partial charge on any atom is -0.394 e. The Kier molecular flexibility index (Phi) is 3.52. The first-order chi connectivity index (χ1) is 6.91. The normalized spacial score (nSPS) is 12.4. The summed E-state index contributed by atoms with van der Waals surface area (Å²) in [5, 5.41) is 0. The number of hydrogen-bond donors (Lipinski definition) is 2. The van der Waals surface area contributed by atoms with E-state index in [1.165, 1.54) is 6.20 Å². The Hall–Kier alpha value is -1.30. The van der Waals surface area contributed by atoms with E-state index in [1.54, 1.807) is 17.7 Å². The molecule has 0 aromatic carbocycles. The van der Waals surface area contributed by atoms with Crippen LogP contribution in [0.25, 0.3) is 0 Å². The predicted octanol–water partition coefficient (Wildman–Crippen LogP) is 0.314. The molecule has 15 heavy (non-hydrogen) atoms. The lowest BCUT2D eigenvalue weighted by Crippen LogP contribution is -2.25. The van der Waals surface area contributed by atoms with E-state index in [1.807, 2.05) is 0 Å². The Bertz CT molecular complexity index is 415. The highest BCUT2D eigenvalue weighted by molar-refractivity contribution is 9.10. The molecule has 0 aliphatic carbocycles. The number of pyridine rings is 1. The second kappa shape index (κ2) is 4.48. The highest BCUT2D eigenvalue weighted by Gasteiger charge is 2.10. The van der Waals surface area contributed by atoms with Gasteiger partial charge in [-0.05, 0) is 15.9 Å². The molecule has 0 radical (unpaired) electrons. The third kappa shape index (κ3) is 2.82. The van der Waals surface area contributed by atoms with Crippen LogP contribution in [0.15, 0.2) is 21.7 Å². The maximum atomic E-state index is 11.3. The fourth-order valence-electron chi connectivity index (χ4n) is 1.13. The quantitative estimate of drug-likeness (QED) is 0.831. The standard InChI is InChI=1S/C9H12BrN3O2/c1-5(9(12)15)2-13-3-6(10)8(14)7(11)4-13/h3-5H,2,11H2,1H3,(H2,12,15). The van der Waals surface area contributed by atoms with Gasteiger partial charge in [-0.3, -0.25) is 9.59 Å². The van der Waals surface area contributed by atoms with Crippen LogP contribution in [0.3, 0.4) is 0 Å². The summed E-state index contributed by atoms with van der Waals surface area (Å²) in [5.74, 6) is -0.692. The molecule has 4 N–H and O–H groups in total. The van der Waals surface area contributed by atoms with E-state index in [-0.39, 0.29) is 22.9 Å². The number of carbonyl (C=O) groups is 1. The third-order valence-corrected chi connectivity index (χ3v) is 2.60. The number of nitrogens with zero attached hydrogens (tertiary/aromatic N) is 1. The van der Waals surface area contributed by atoms with Crippen LogP contribution in [-0.2, 0) is 11.3 Å². The number of primary amides is 1. The summed E-state index contributed by atoms with van der Waals surface area (Å²) in [4.78, 5) is 22.1. The van der Waals surface area contributed by atoms with Crippen molar-refractivity contribution in [2.45, 2.75) is 13.5 Å². The third-order valence-electron chi connectivity index (χ3n) is 2.03. The molecule has 0 aliphatic rings. The Morgan fingerprint density at radius 1 is 1.60 bits per heavy atom. The van der Waals surface area contributed by atoms with Crippen LogP contribution in [0.4, 0.5) is 5.69 Å². The van der Waals surface area contributed by atoms with Crippen molar-refractivity contribution >= 4 is 27.5 Å². The van der Waals surface area contributed by atoms with Crippen molar-refractivity contribution in [2.75, 3.05) is 5.73 Å². The van der Waals surface area contributed by atoms with Gasteiger partial charge >= 0.3 is 0 Å². The predicted molar refractivity (Wildman–Crippen MR) is 61.2 cm³/mol. The molecule has 6 heteroatoms. The molecule has 0 spiro atoms. The lowest BCUT2D eigenvalue weighted by atomic mass is 10.1. The smallest absolute Gasteiger partial charge is 0.222 e. The van der Waals surface area contributed by atoms with E-state index in [0.29, 0.717) is 11.0 Å². The van der Waals surface area contributed by atoms with Crippen LogP contribution in [0.5, 0.6) is 0 Å². The number of amides is 1. The summed E-state index contributed by atoms with van der Waals surface area (Å²) in [6.45, 7) is 2.11. The first-order valence-electron chi connectivity index (χ1n) is 4.36. The number of rotatable bonds is 3. The van der Waals surface area contributed by atoms with E-state index in [9.17, 15) is 9.59 Å². The van der Waals surface area contributed by atoms with Crippen molar-refractivity contribution in [2.24, 2.45) is 11.7 Å². The van der Waals surface area contributed by atoms with Crippen LogP contribution < -0.4 is 16.9 Å². The largest absolute Gasteiger partial charge is 0.394 e. The summed E-state index contributed by atoms with van der Waals surface area (Å²) >= 11 is 3.09. The van der Waals surface area contributed by atoms with E-state index in [2.05, 4.69) is 15.9 Å². The molecule has 1 aromatic heterocycles. The molecular weight excluding hydrogens is 262 g/mol. The lowest BCUT2D eigenvalue weighted by molar-refractivity contribution is -0.121. The van der Waals surface area contributed by atoms with Gasteiger partial charge in [0.25, 0.3) is 0 Å². The molecule has 5 nitrogen and oxygen atoms in total. The zero-order valence-corrected chi connectivity index (χ0v) is 9.82. The summed E-state index contributed by atoms with van der Waals surface area (Å²) in [6.07, 6.45) is 3.07. The first-order valence-corrected chi connectivity index (χ1v) is 5.15. The maximum Gasteiger partial charge on any atom is 0.222 e. The van der Waals surface area contributed by atoms with E-state index in [0.717, 1.165) is 0 Å². The molecule has 1 unspecified atom stereocenters. The minimum absolute atomic E-state index is 0.140. The maximum absolute atomic E-state index is 11.3. The zero-order valence-electron chi connectivity index (χ0n) is 8.24. The second-order valence-corrected chi connectivity index (χ2v) is 4.25. The van der Waals surface area contributed by atoms with Gasteiger partial charge in [-0.25, -0.2) is 0 Å². The van der Waals surface area contributed by atoms with Crippen LogP contribution in [0, 0.1) is 5.92 Å². The molecule has 1 atom stereocenters. The number of nitrogen functional groups attached to an aromatic ring is 1. The summed E-state index contributed by atoms with van der Waals surface area (Å²) in [6, 6.07) is 0. The van der Waals surface area contributed by atoms with Crippen molar-refractivity contribution < 1.29 is 4.79 Å². The average molecular weight is 274 g/mol. The fourth-order valence-corrected chi connectivity index (χ4v) is 1.62. The second-order valence-electron chi connectivity index (χ2n) is 3.39.